The Balaban J connectivity index is 1.47. The molecular weight excluding hydrogens is 380 g/mol. The number of para-hydroxylation sites is 2. The number of carbonyl (C=O) groups excluding carboxylic acids is 2. The Labute approximate surface area is 175 Å². The average Bonchev–Trinajstić information content (AvgIpc) is 3.06. The van der Waals surface area contributed by atoms with Crippen LogP contribution in [0.5, 0.6) is 5.75 Å². The van der Waals surface area contributed by atoms with Crippen LogP contribution in [0.3, 0.4) is 0 Å². The summed E-state index contributed by atoms with van der Waals surface area (Å²) in [4.78, 5) is 24.5. The van der Waals surface area contributed by atoms with E-state index in [1.54, 1.807) is 0 Å². The van der Waals surface area contributed by atoms with E-state index in [2.05, 4.69) is 16.0 Å². The first-order chi connectivity index (χ1) is 14.7. The summed E-state index contributed by atoms with van der Waals surface area (Å²) >= 11 is 0. The van der Waals surface area contributed by atoms with Crippen molar-refractivity contribution in [1.29, 1.82) is 0 Å². The second-order valence-electron chi connectivity index (χ2n) is 7.44. The Kier molecular flexibility index (Phi) is 6.02. The van der Waals surface area contributed by atoms with E-state index in [1.165, 1.54) is 5.56 Å². The van der Waals surface area contributed by atoms with Gasteiger partial charge in [-0.15, -0.1) is 0 Å². The van der Waals surface area contributed by atoms with Crippen LogP contribution in [0, 0.1) is 0 Å². The predicted octanol–water partition coefficient (Wildman–Crippen LogP) is 3.26. The quantitative estimate of drug-likeness (QED) is 0.612. The largest absolute Gasteiger partial charge is 0.484 e. The first-order valence-electron chi connectivity index (χ1n) is 10.4. The Bertz CT molecular complexity index is 1040. The molecule has 2 aromatic carbocycles. The summed E-state index contributed by atoms with van der Waals surface area (Å²) in [6, 6.07) is 17.5. The molecule has 1 aliphatic carbocycles. The van der Waals surface area contributed by atoms with Crippen LogP contribution in [0.15, 0.2) is 54.6 Å². The standard InChI is InChI=1S/C24H26N2O4/c1-2-29-24(28)15-26-21-11-7-6-10-19(21)20-14-17(12-13-22(20)26)25-23(27)16-30-18-8-4-3-5-9-18/h3-11,17H,2,12-16H2,1H3,(H,25,27)/t17-/m0/s1. The molecule has 1 N–H and O–H groups in total. The number of hydrogen-bond donors (Lipinski definition) is 1. The van der Waals surface area contributed by atoms with Crippen molar-refractivity contribution in [1.82, 2.24) is 9.88 Å². The molecule has 3 aromatic rings. The van der Waals surface area contributed by atoms with Crippen LogP contribution in [0.25, 0.3) is 10.9 Å². The van der Waals surface area contributed by atoms with Crippen molar-refractivity contribution >= 4 is 22.8 Å². The van der Waals surface area contributed by atoms with Crippen LogP contribution in [0.1, 0.15) is 24.6 Å². The number of esters is 1. The fourth-order valence-electron chi connectivity index (χ4n) is 4.18. The number of aromatic nitrogens is 1. The van der Waals surface area contributed by atoms with Crippen molar-refractivity contribution in [3.63, 3.8) is 0 Å². The minimum absolute atomic E-state index is 0.00200. The summed E-state index contributed by atoms with van der Waals surface area (Å²) in [7, 11) is 0. The molecule has 156 valence electrons. The van der Waals surface area contributed by atoms with Gasteiger partial charge in [0.25, 0.3) is 5.91 Å². The van der Waals surface area contributed by atoms with Gasteiger partial charge in [0.15, 0.2) is 6.61 Å². The third-order valence-electron chi connectivity index (χ3n) is 5.45. The molecule has 30 heavy (non-hydrogen) atoms. The molecule has 1 heterocycles. The van der Waals surface area contributed by atoms with Crippen molar-refractivity contribution in [2.24, 2.45) is 0 Å². The lowest BCUT2D eigenvalue weighted by Gasteiger charge is -2.25. The maximum absolute atomic E-state index is 12.4. The summed E-state index contributed by atoms with van der Waals surface area (Å²) in [6.45, 7) is 2.40. The van der Waals surface area contributed by atoms with Gasteiger partial charge in [-0.1, -0.05) is 36.4 Å². The second-order valence-corrected chi connectivity index (χ2v) is 7.44. The van der Waals surface area contributed by atoms with Gasteiger partial charge in [-0.05, 0) is 49.9 Å². The minimum Gasteiger partial charge on any atom is -0.484 e. The van der Waals surface area contributed by atoms with Crippen molar-refractivity contribution in [2.75, 3.05) is 13.2 Å². The molecule has 1 atom stereocenters. The van der Waals surface area contributed by atoms with E-state index >= 15 is 0 Å². The van der Waals surface area contributed by atoms with Crippen LogP contribution in [-0.4, -0.2) is 35.7 Å². The lowest BCUT2D eigenvalue weighted by Crippen LogP contribution is -2.41. The third kappa shape index (κ3) is 4.32. The van der Waals surface area contributed by atoms with Gasteiger partial charge in [-0.2, -0.15) is 0 Å². The van der Waals surface area contributed by atoms with E-state index in [4.69, 9.17) is 9.47 Å². The number of amides is 1. The Morgan fingerprint density at radius 2 is 1.87 bits per heavy atom. The van der Waals surface area contributed by atoms with E-state index in [0.29, 0.717) is 12.4 Å². The zero-order valence-corrected chi connectivity index (χ0v) is 17.1. The first-order valence-corrected chi connectivity index (χ1v) is 10.4. The molecular formula is C24H26N2O4. The molecule has 6 nitrogen and oxygen atoms in total. The number of ether oxygens (including phenoxy) is 2. The number of fused-ring (bicyclic) bond motifs is 3. The smallest absolute Gasteiger partial charge is 0.325 e. The van der Waals surface area contributed by atoms with Crippen molar-refractivity contribution in [3.8, 4) is 5.75 Å². The fourth-order valence-corrected chi connectivity index (χ4v) is 4.18. The SMILES string of the molecule is CCOC(=O)Cn1c2c(c3ccccc31)C[C@@H](NC(=O)COc1ccccc1)CC2. The average molecular weight is 406 g/mol. The topological polar surface area (TPSA) is 69.6 Å². The monoisotopic (exact) mass is 406 g/mol. The molecule has 0 aliphatic heterocycles. The lowest BCUT2D eigenvalue weighted by atomic mass is 9.91. The molecule has 0 saturated heterocycles. The number of benzene rings is 2. The van der Waals surface area contributed by atoms with Crippen molar-refractivity contribution in [2.45, 2.75) is 38.8 Å². The van der Waals surface area contributed by atoms with E-state index in [1.807, 2.05) is 55.5 Å². The fraction of sp³-hybridized carbons (Fsp3) is 0.333. The van der Waals surface area contributed by atoms with Crippen LogP contribution >= 0.6 is 0 Å². The molecule has 0 unspecified atom stereocenters. The third-order valence-corrected chi connectivity index (χ3v) is 5.45. The molecule has 6 heteroatoms. The highest BCUT2D eigenvalue weighted by molar-refractivity contribution is 5.87. The van der Waals surface area contributed by atoms with Crippen molar-refractivity contribution in [3.05, 3.63) is 65.9 Å². The Morgan fingerprint density at radius 1 is 1.10 bits per heavy atom. The summed E-state index contributed by atoms with van der Waals surface area (Å²) < 4.78 is 12.8. The second kappa shape index (κ2) is 9.03. The minimum atomic E-state index is -0.227. The van der Waals surface area contributed by atoms with Gasteiger partial charge in [-0.25, -0.2) is 0 Å². The molecule has 0 spiro atoms. The summed E-state index contributed by atoms with van der Waals surface area (Å²) in [5.74, 6) is 0.331. The summed E-state index contributed by atoms with van der Waals surface area (Å²) in [5.41, 5.74) is 3.40. The van der Waals surface area contributed by atoms with Crippen LogP contribution in [0.2, 0.25) is 0 Å². The molecule has 0 radical (unpaired) electrons. The van der Waals surface area contributed by atoms with E-state index in [0.717, 1.165) is 35.9 Å². The highest BCUT2D eigenvalue weighted by atomic mass is 16.5. The maximum atomic E-state index is 12.4. The van der Waals surface area contributed by atoms with Crippen LogP contribution in [0.4, 0.5) is 0 Å². The summed E-state index contributed by atoms with van der Waals surface area (Å²) in [5, 5.41) is 4.24. The molecule has 1 amide bonds. The molecule has 0 bridgehead atoms. The van der Waals surface area contributed by atoms with E-state index in [9.17, 15) is 9.59 Å². The first kappa shape index (κ1) is 20.0. The van der Waals surface area contributed by atoms with Gasteiger partial charge < -0.3 is 19.4 Å². The van der Waals surface area contributed by atoms with Crippen LogP contribution in [-0.2, 0) is 33.7 Å². The van der Waals surface area contributed by atoms with Gasteiger partial charge in [0, 0.05) is 22.6 Å². The zero-order valence-electron chi connectivity index (χ0n) is 17.1. The van der Waals surface area contributed by atoms with E-state index < -0.39 is 0 Å². The predicted molar refractivity (Wildman–Crippen MR) is 114 cm³/mol. The van der Waals surface area contributed by atoms with Gasteiger partial charge in [0.05, 0.1) is 6.61 Å². The van der Waals surface area contributed by atoms with E-state index in [-0.39, 0.29) is 31.1 Å². The molecule has 1 aromatic heterocycles. The van der Waals surface area contributed by atoms with Gasteiger partial charge in [-0.3, -0.25) is 9.59 Å². The molecule has 0 saturated carbocycles. The number of nitrogens with zero attached hydrogens (tertiary/aromatic N) is 1. The zero-order chi connectivity index (χ0) is 20.9. The van der Waals surface area contributed by atoms with Crippen molar-refractivity contribution < 1.29 is 19.1 Å². The van der Waals surface area contributed by atoms with Gasteiger partial charge >= 0.3 is 5.97 Å². The lowest BCUT2D eigenvalue weighted by molar-refractivity contribution is -0.143. The number of carbonyl (C=O) groups is 2. The normalized spacial score (nSPS) is 15.4. The molecule has 4 rings (SSSR count). The maximum Gasteiger partial charge on any atom is 0.325 e. The number of nitrogens with one attached hydrogen (secondary N) is 1. The molecule has 0 fully saturated rings. The number of hydrogen-bond acceptors (Lipinski definition) is 4. The highest BCUT2D eigenvalue weighted by Crippen LogP contribution is 2.32. The molecule has 1 aliphatic rings. The van der Waals surface area contributed by atoms with Gasteiger partial charge in [0.1, 0.15) is 12.3 Å². The Morgan fingerprint density at radius 3 is 2.67 bits per heavy atom. The highest BCUT2D eigenvalue weighted by Gasteiger charge is 2.27. The van der Waals surface area contributed by atoms with Crippen LogP contribution < -0.4 is 10.1 Å². The van der Waals surface area contributed by atoms with Gasteiger partial charge in [0.2, 0.25) is 0 Å². The Hall–Kier alpha value is -3.28. The number of rotatable bonds is 7. The summed E-state index contributed by atoms with van der Waals surface area (Å²) in [6.07, 6.45) is 2.36.